The first-order valence-electron chi connectivity index (χ1n) is 8.65. The fourth-order valence-corrected chi connectivity index (χ4v) is 2.95. The Kier molecular flexibility index (Phi) is 5.21. The van der Waals surface area contributed by atoms with E-state index in [1.165, 1.54) is 19.3 Å². The van der Waals surface area contributed by atoms with E-state index in [0.29, 0.717) is 24.1 Å². The Balaban J connectivity index is 1.54. The Morgan fingerprint density at radius 1 is 1.40 bits per heavy atom. The maximum absolute atomic E-state index is 12.3. The first-order chi connectivity index (χ1) is 12.1. The molecule has 7 nitrogen and oxygen atoms in total. The minimum atomic E-state index is -0.0817. The van der Waals surface area contributed by atoms with Crippen molar-refractivity contribution in [2.45, 2.75) is 38.8 Å². The number of aromatic nitrogens is 3. The average molecular weight is 343 g/mol. The van der Waals surface area contributed by atoms with Crippen molar-refractivity contribution in [1.29, 1.82) is 0 Å². The summed E-state index contributed by atoms with van der Waals surface area (Å²) >= 11 is 0. The summed E-state index contributed by atoms with van der Waals surface area (Å²) < 4.78 is 5.15. The summed E-state index contributed by atoms with van der Waals surface area (Å²) in [5.41, 5.74) is 0.894. The fourth-order valence-electron chi connectivity index (χ4n) is 2.95. The first-order valence-corrected chi connectivity index (χ1v) is 8.65. The predicted octanol–water partition coefficient (Wildman–Crippen LogP) is 2.81. The van der Waals surface area contributed by atoms with Gasteiger partial charge in [0.05, 0.1) is 13.7 Å². The third-order valence-corrected chi connectivity index (χ3v) is 5.05. The van der Waals surface area contributed by atoms with Crippen LogP contribution in [-0.2, 0) is 6.54 Å². The van der Waals surface area contributed by atoms with Crippen molar-refractivity contribution in [1.82, 2.24) is 25.4 Å². The van der Waals surface area contributed by atoms with Gasteiger partial charge in [0.15, 0.2) is 5.82 Å². The van der Waals surface area contributed by atoms with Gasteiger partial charge in [-0.25, -0.2) is 9.78 Å². The molecule has 1 atom stereocenters. The SMILES string of the molecule is COc1ccc(-c2n[nH]c(CNC(=O)N(C)C(C)C3CCC3)n2)cc1. The van der Waals surface area contributed by atoms with Crippen LogP contribution in [0.3, 0.4) is 0 Å². The molecule has 0 bridgehead atoms. The third-order valence-electron chi connectivity index (χ3n) is 5.05. The van der Waals surface area contributed by atoms with Gasteiger partial charge in [0.2, 0.25) is 0 Å². The lowest BCUT2D eigenvalue weighted by Crippen LogP contribution is -2.46. The zero-order chi connectivity index (χ0) is 17.8. The van der Waals surface area contributed by atoms with E-state index in [1.54, 1.807) is 12.0 Å². The summed E-state index contributed by atoms with van der Waals surface area (Å²) in [5, 5.41) is 9.98. The number of hydrogen-bond acceptors (Lipinski definition) is 4. The van der Waals surface area contributed by atoms with Gasteiger partial charge in [-0.15, -0.1) is 0 Å². The van der Waals surface area contributed by atoms with Crippen LogP contribution in [-0.4, -0.2) is 46.3 Å². The van der Waals surface area contributed by atoms with E-state index in [2.05, 4.69) is 27.4 Å². The van der Waals surface area contributed by atoms with Crippen LogP contribution in [0.25, 0.3) is 11.4 Å². The number of aromatic amines is 1. The zero-order valence-corrected chi connectivity index (χ0v) is 15.0. The summed E-state index contributed by atoms with van der Waals surface area (Å²) in [7, 11) is 3.48. The number of nitrogens with one attached hydrogen (secondary N) is 2. The van der Waals surface area contributed by atoms with Crippen LogP contribution < -0.4 is 10.1 Å². The molecule has 2 aromatic rings. The molecule has 1 fully saturated rings. The maximum Gasteiger partial charge on any atom is 0.317 e. The molecule has 1 heterocycles. The Hall–Kier alpha value is -2.57. The van der Waals surface area contributed by atoms with Crippen LogP contribution in [0.1, 0.15) is 32.0 Å². The highest BCUT2D eigenvalue weighted by Gasteiger charge is 2.28. The van der Waals surface area contributed by atoms with Gasteiger partial charge < -0.3 is 15.0 Å². The van der Waals surface area contributed by atoms with E-state index in [4.69, 9.17) is 4.74 Å². The van der Waals surface area contributed by atoms with E-state index in [-0.39, 0.29) is 12.1 Å². The number of methoxy groups -OCH3 is 1. The number of ether oxygens (including phenoxy) is 1. The van der Waals surface area contributed by atoms with Gasteiger partial charge in [-0.2, -0.15) is 5.10 Å². The average Bonchev–Trinajstić information content (AvgIpc) is 3.06. The molecule has 0 spiro atoms. The fraction of sp³-hybridized carbons (Fsp3) is 0.500. The second kappa shape index (κ2) is 7.55. The summed E-state index contributed by atoms with van der Waals surface area (Å²) in [4.78, 5) is 18.5. The molecular weight excluding hydrogens is 318 g/mol. The molecule has 2 N–H and O–H groups in total. The van der Waals surface area contributed by atoms with Crippen LogP contribution in [0.15, 0.2) is 24.3 Å². The lowest BCUT2D eigenvalue weighted by atomic mass is 9.80. The molecule has 0 radical (unpaired) electrons. The van der Waals surface area contributed by atoms with Crippen LogP contribution in [0.4, 0.5) is 4.79 Å². The largest absolute Gasteiger partial charge is 0.497 e. The molecule has 3 rings (SSSR count). The molecule has 7 heteroatoms. The summed E-state index contributed by atoms with van der Waals surface area (Å²) in [6.07, 6.45) is 3.70. The topological polar surface area (TPSA) is 83.1 Å². The molecule has 1 unspecified atom stereocenters. The van der Waals surface area contributed by atoms with Crippen molar-refractivity contribution in [3.8, 4) is 17.1 Å². The van der Waals surface area contributed by atoms with Crippen LogP contribution in [0.5, 0.6) is 5.75 Å². The number of benzene rings is 1. The van der Waals surface area contributed by atoms with Crippen LogP contribution in [0.2, 0.25) is 0 Å². The lowest BCUT2D eigenvalue weighted by molar-refractivity contribution is 0.139. The number of hydrogen-bond donors (Lipinski definition) is 2. The first kappa shape index (κ1) is 17.3. The minimum Gasteiger partial charge on any atom is -0.497 e. The number of carbonyl (C=O) groups excluding carboxylic acids is 1. The molecule has 1 aromatic heterocycles. The molecule has 1 aromatic carbocycles. The van der Waals surface area contributed by atoms with Gasteiger partial charge in [-0.3, -0.25) is 5.10 Å². The van der Waals surface area contributed by atoms with Gasteiger partial charge in [-0.05, 0) is 49.9 Å². The van der Waals surface area contributed by atoms with Crippen LogP contribution in [0, 0.1) is 5.92 Å². The summed E-state index contributed by atoms with van der Waals surface area (Å²) in [5.74, 6) is 2.64. The van der Waals surface area contributed by atoms with Gasteiger partial charge in [0.1, 0.15) is 11.6 Å². The van der Waals surface area contributed by atoms with Crippen molar-refractivity contribution in [3.63, 3.8) is 0 Å². The Morgan fingerprint density at radius 3 is 2.72 bits per heavy atom. The Labute approximate surface area is 147 Å². The number of rotatable bonds is 6. The molecule has 0 aliphatic heterocycles. The normalized spacial score (nSPS) is 15.3. The van der Waals surface area contributed by atoms with E-state index in [0.717, 1.165) is 11.3 Å². The molecule has 134 valence electrons. The predicted molar refractivity (Wildman–Crippen MR) is 95.2 cm³/mol. The van der Waals surface area contributed by atoms with Gasteiger partial charge in [0, 0.05) is 18.7 Å². The van der Waals surface area contributed by atoms with Crippen LogP contribution >= 0.6 is 0 Å². The molecule has 0 saturated heterocycles. The molecule has 1 aliphatic carbocycles. The Bertz CT molecular complexity index is 709. The van der Waals surface area contributed by atoms with Crippen molar-refractivity contribution < 1.29 is 9.53 Å². The van der Waals surface area contributed by atoms with Gasteiger partial charge in [-0.1, -0.05) is 6.42 Å². The number of H-pyrrole nitrogens is 1. The second-order valence-electron chi connectivity index (χ2n) is 6.54. The molecule has 2 amide bonds. The van der Waals surface area contributed by atoms with Gasteiger partial charge >= 0.3 is 6.03 Å². The quantitative estimate of drug-likeness (QED) is 0.845. The summed E-state index contributed by atoms with van der Waals surface area (Å²) in [6.45, 7) is 2.43. The second-order valence-corrected chi connectivity index (χ2v) is 6.54. The van der Waals surface area contributed by atoms with Crippen molar-refractivity contribution in [3.05, 3.63) is 30.1 Å². The molecule has 25 heavy (non-hydrogen) atoms. The number of nitrogens with zero attached hydrogens (tertiary/aromatic N) is 3. The van der Waals surface area contributed by atoms with Crippen molar-refractivity contribution in [2.24, 2.45) is 5.92 Å². The highest BCUT2D eigenvalue weighted by molar-refractivity contribution is 5.74. The summed E-state index contributed by atoms with van der Waals surface area (Å²) in [6, 6.07) is 7.71. The lowest BCUT2D eigenvalue weighted by Gasteiger charge is -2.37. The number of amides is 2. The number of carbonyl (C=O) groups is 1. The van der Waals surface area contributed by atoms with Crippen molar-refractivity contribution >= 4 is 6.03 Å². The third kappa shape index (κ3) is 3.92. The van der Waals surface area contributed by atoms with Crippen molar-refractivity contribution in [2.75, 3.05) is 14.2 Å². The number of urea groups is 1. The maximum atomic E-state index is 12.3. The smallest absolute Gasteiger partial charge is 0.317 e. The highest BCUT2D eigenvalue weighted by Crippen LogP contribution is 2.31. The molecule has 1 aliphatic rings. The minimum absolute atomic E-state index is 0.0817. The zero-order valence-electron chi connectivity index (χ0n) is 15.0. The standard InChI is InChI=1S/C18H25N5O2/c1-12(13-5-4-6-13)23(2)18(24)19-11-16-20-17(22-21-16)14-7-9-15(25-3)10-8-14/h7-10,12-13H,4-6,11H2,1-3H3,(H,19,24)(H,20,21,22). The van der Waals surface area contributed by atoms with E-state index in [1.807, 2.05) is 31.3 Å². The van der Waals surface area contributed by atoms with E-state index >= 15 is 0 Å². The highest BCUT2D eigenvalue weighted by atomic mass is 16.5. The monoisotopic (exact) mass is 343 g/mol. The molecule has 1 saturated carbocycles. The van der Waals surface area contributed by atoms with Gasteiger partial charge in [0.25, 0.3) is 0 Å². The molecular formula is C18H25N5O2. The van der Waals surface area contributed by atoms with E-state index < -0.39 is 0 Å². The van der Waals surface area contributed by atoms with E-state index in [9.17, 15) is 4.79 Å². The Morgan fingerprint density at radius 2 is 2.12 bits per heavy atom.